The summed E-state index contributed by atoms with van der Waals surface area (Å²) >= 11 is 0. The van der Waals surface area contributed by atoms with Crippen LogP contribution in [0.1, 0.15) is 32.6 Å². The van der Waals surface area contributed by atoms with Crippen LogP contribution in [0.15, 0.2) is 0 Å². The second-order valence-corrected chi connectivity index (χ2v) is 4.11. The minimum Gasteiger partial charge on any atom is -0.466 e. The largest absolute Gasteiger partial charge is 0.466 e. The Morgan fingerprint density at radius 1 is 1.43 bits per heavy atom. The number of rotatable bonds is 3. The average molecular weight is 199 g/mol. The fourth-order valence-corrected chi connectivity index (χ4v) is 1.97. The molecule has 1 atom stereocenters. The highest BCUT2D eigenvalue weighted by molar-refractivity contribution is 5.69. The Labute approximate surface area is 86.4 Å². The summed E-state index contributed by atoms with van der Waals surface area (Å²) in [6.07, 6.45) is 4.13. The van der Waals surface area contributed by atoms with Crippen LogP contribution in [0.3, 0.4) is 0 Å². The molecule has 1 unspecified atom stereocenters. The zero-order valence-electron chi connectivity index (χ0n) is 9.29. The molecule has 0 bridgehead atoms. The molecule has 1 rings (SSSR count). The third-order valence-electron chi connectivity index (χ3n) is 2.83. The zero-order chi connectivity index (χ0) is 10.4. The Morgan fingerprint density at radius 3 is 2.93 bits per heavy atom. The van der Waals surface area contributed by atoms with E-state index in [4.69, 9.17) is 4.74 Å². The molecule has 0 aromatic carbocycles. The summed E-state index contributed by atoms with van der Waals surface area (Å²) in [5.41, 5.74) is 0. The van der Waals surface area contributed by atoms with Crippen molar-refractivity contribution in [3.8, 4) is 0 Å². The number of hydrogen-bond donors (Lipinski definition) is 0. The lowest BCUT2D eigenvalue weighted by molar-refractivity contribution is -0.144. The van der Waals surface area contributed by atoms with E-state index in [0.29, 0.717) is 18.9 Å². The van der Waals surface area contributed by atoms with Crippen molar-refractivity contribution in [1.82, 2.24) is 4.90 Å². The fraction of sp³-hybridized carbons (Fsp3) is 0.909. The number of hydrogen-bond acceptors (Lipinski definition) is 3. The van der Waals surface area contributed by atoms with E-state index in [1.165, 1.54) is 19.4 Å². The maximum Gasteiger partial charge on any atom is 0.306 e. The molecule has 0 saturated carbocycles. The Bertz CT molecular complexity index is 182. The standard InChI is InChI=1S/C11H21NO2/c1-3-14-11(13)9-10-5-4-7-12(2)8-6-10/h10H,3-9H2,1-2H3. The summed E-state index contributed by atoms with van der Waals surface area (Å²) < 4.78 is 4.96. The van der Waals surface area contributed by atoms with Gasteiger partial charge in [-0.15, -0.1) is 0 Å². The van der Waals surface area contributed by atoms with Gasteiger partial charge in [-0.1, -0.05) is 0 Å². The lowest BCUT2D eigenvalue weighted by Gasteiger charge is -2.13. The van der Waals surface area contributed by atoms with E-state index < -0.39 is 0 Å². The van der Waals surface area contributed by atoms with Crippen molar-refractivity contribution in [2.24, 2.45) is 5.92 Å². The van der Waals surface area contributed by atoms with Gasteiger partial charge in [0.05, 0.1) is 6.61 Å². The van der Waals surface area contributed by atoms with E-state index in [0.717, 1.165) is 13.0 Å². The lowest BCUT2D eigenvalue weighted by atomic mass is 9.97. The number of ether oxygens (including phenoxy) is 1. The highest BCUT2D eigenvalue weighted by atomic mass is 16.5. The van der Waals surface area contributed by atoms with Crippen LogP contribution < -0.4 is 0 Å². The minimum absolute atomic E-state index is 0.0259. The van der Waals surface area contributed by atoms with Gasteiger partial charge in [-0.05, 0) is 52.2 Å². The van der Waals surface area contributed by atoms with Crippen LogP contribution >= 0.6 is 0 Å². The first-order valence-corrected chi connectivity index (χ1v) is 5.56. The number of likely N-dealkylation sites (tertiary alicyclic amines) is 1. The predicted octanol–water partition coefficient (Wildman–Crippen LogP) is 1.67. The summed E-state index contributed by atoms with van der Waals surface area (Å²) in [4.78, 5) is 13.6. The second kappa shape index (κ2) is 6.02. The van der Waals surface area contributed by atoms with Crippen molar-refractivity contribution >= 4 is 5.97 Å². The highest BCUT2D eigenvalue weighted by Crippen LogP contribution is 2.20. The van der Waals surface area contributed by atoms with Crippen LogP contribution in [0.25, 0.3) is 0 Å². The maximum atomic E-state index is 11.3. The summed E-state index contributed by atoms with van der Waals surface area (Å²) in [7, 11) is 2.15. The Kier molecular flexibility index (Phi) is 4.94. The lowest BCUT2D eigenvalue weighted by Crippen LogP contribution is -2.19. The van der Waals surface area contributed by atoms with E-state index >= 15 is 0 Å². The van der Waals surface area contributed by atoms with Gasteiger partial charge in [-0.3, -0.25) is 4.79 Å². The summed E-state index contributed by atoms with van der Waals surface area (Å²) in [6, 6.07) is 0. The molecule has 0 aromatic rings. The highest BCUT2D eigenvalue weighted by Gasteiger charge is 2.18. The van der Waals surface area contributed by atoms with Gasteiger partial charge in [-0.2, -0.15) is 0 Å². The van der Waals surface area contributed by atoms with E-state index in [1.54, 1.807) is 0 Å². The van der Waals surface area contributed by atoms with Crippen LogP contribution in [-0.2, 0) is 9.53 Å². The quantitative estimate of drug-likeness (QED) is 0.648. The molecular weight excluding hydrogens is 178 g/mol. The molecule has 0 radical (unpaired) electrons. The van der Waals surface area contributed by atoms with Gasteiger partial charge in [0.2, 0.25) is 0 Å². The molecule has 0 N–H and O–H groups in total. The van der Waals surface area contributed by atoms with Gasteiger partial charge in [0.15, 0.2) is 0 Å². The molecule has 1 heterocycles. The molecule has 1 aliphatic heterocycles. The topological polar surface area (TPSA) is 29.5 Å². The first kappa shape index (κ1) is 11.5. The van der Waals surface area contributed by atoms with Crippen LogP contribution in [0.4, 0.5) is 0 Å². The second-order valence-electron chi connectivity index (χ2n) is 4.11. The van der Waals surface area contributed by atoms with Crippen LogP contribution in [0.5, 0.6) is 0 Å². The van der Waals surface area contributed by atoms with Crippen molar-refractivity contribution in [3.63, 3.8) is 0 Å². The molecule has 14 heavy (non-hydrogen) atoms. The van der Waals surface area contributed by atoms with E-state index in [-0.39, 0.29) is 5.97 Å². The van der Waals surface area contributed by atoms with Gasteiger partial charge >= 0.3 is 5.97 Å². The first-order chi connectivity index (χ1) is 6.72. The smallest absolute Gasteiger partial charge is 0.306 e. The monoisotopic (exact) mass is 199 g/mol. The van der Waals surface area contributed by atoms with Crippen LogP contribution in [0, 0.1) is 5.92 Å². The number of esters is 1. The molecule has 3 heteroatoms. The van der Waals surface area contributed by atoms with Crippen molar-refractivity contribution in [2.45, 2.75) is 32.6 Å². The minimum atomic E-state index is -0.0259. The number of nitrogens with zero attached hydrogens (tertiary/aromatic N) is 1. The van der Waals surface area contributed by atoms with Crippen LogP contribution in [0.2, 0.25) is 0 Å². The molecule has 1 fully saturated rings. The summed E-state index contributed by atoms with van der Waals surface area (Å²) in [5.74, 6) is 0.515. The molecule has 0 amide bonds. The fourth-order valence-electron chi connectivity index (χ4n) is 1.97. The van der Waals surface area contributed by atoms with Crippen molar-refractivity contribution < 1.29 is 9.53 Å². The third-order valence-corrected chi connectivity index (χ3v) is 2.83. The van der Waals surface area contributed by atoms with Gasteiger partial charge in [0.25, 0.3) is 0 Å². The molecule has 1 aliphatic rings. The third kappa shape index (κ3) is 4.09. The van der Waals surface area contributed by atoms with Crippen LogP contribution in [-0.4, -0.2) is 37.6 Å². The maximum absolute atomic E-state index is 11.3. The molecular formula is C11H21NO2. The number of carbonyl (C=O) groups is 1. The summed E-state index contributed by atoms with van der Waals surface area (Å²) in [5, 5.41) is 0. The SMILES string of the molecule is CCOC(=O)CC1CCCN(C)CC1. The van der Waals surface area contributed by atoms with Crippen molar-refractivity contribution in [3.05, 3.63) is 0 Å². The Morgan fingerprint density at radius 2 is 2.21 bits per heavy atom. The van der Waals surface area contributed by atoms with E-state index in [1.807, 2.05) is 6.92 Å². The predicted molar refractivity (Wildman–Crippen MR) is 56.1 cm³/mol. The van der Waals surface area contributed by atoms with E-state index in [9.17, 15) is 4.79 Å². The normalized spacial score (nSPS) is 24.3. The van der Waals surface area contributed by atoms with Gasteiger partial charge in [0, 0.05) is 6.42 Å². The molecule has 0 aromatic heterocycles. The molecule has 0 spiro atoms. The Balaban J connectivity index is 2.26. The van der Waals surface area contributed by atoms with Crippen molar-refractivity contribution in [2.75, 3.05) is 26.7 Å². The van der Waals surface area contributed by atoms with Gasteiger partial charge < -0.3 is 9.64 Å². The zero-order valence-corrected chi connectivity index (χ0v) is 9.29. The molecule has 82 valence electrons. The Hall–Kier alpha value is -0.570. The summed E-state index contributed by atoms with van der Waals surface area (Å²) in [6.45, 7) is 4.65. The van der Waals surface area contributed by atoms with Gasteiger partial charge in [0.1, 0.15) is 0 Å². The molecule has 3 nitrogen and oxygen atoms in total. The number of carbonyl (C=O) groups excluding carboxylic acids is 1. The molecule has 0 aliphatic carbocycles. The molecule has 1 saturated heterocycles. The van der Waals surface area contributed by atoms with E-state index in [2.05, 4.69) is 11.9 Å². The average Bonchev–Trinajstić information content (AvgIpc) is 2.32. The first-order valence-electron chi connectivity index (χ1n) is 5.56. The van der Waals surface area contributed by atoms with Crippen molar-refractivity contribution in [1.29, 1.82) is 0 Å². The van der Waals surface area contributed by atoms with Gasteiger partial charge in [-0.25, -0.2) is 0 Å².